The molecule has 92 valence electrons. The summed E-state index contributed by atoms with van der Waals surface area (Å²) in [6.45, 7) is 3.14. The zero-order valence-electron chi connectivity index (χ0n) is 9.86. The van der Waals surface area contributed by atoms with Gasteiger partial charge in [-0.3, -0.25) is 9.28 Å². The molecule has 0 spiro atoms. The number of carbonyl (C=O) groups excluding carboxylic acids is 1. The molecular formula is C11H15BrN3OS+. The number of thiophene rings is 1. The highest BCUT2D eigenvalue weighted by Gasteiger charge is 2.29. The van der Waals surface area contributed by atoms with Crippen LogP contribution in [0.5, 0.6) is 0 Å². The molecule has 0 aliphatic rings. The Morgan fingerprint density at radius 3 is 2.76 bits per heavy atom. The van der Waals surface area contributed by atoms with Gasteiger partial charge in [-0.25, -0.2) is 0 Å². The molecule has 2 N–H and O–H groups in total. The molecule has 0 aromatic carbocycles. The molecule has 6 heteroatoms. The maximum absolute atomic E-state index is 11.2. The lowest BCUT2D eigenvalue weighted by Gasteiger charge is -2.30. The molecule has 1 atom stereocenters. The van der Waals surface area contributed by atoms with Crippen molar-refractivity contribution < 1.29 is 4.79 Å². The third-order valence-corrected chi connectivity index (χ3v) is 4.70. The fourth-order valence-electron chi connectivity index (χ4n) is 1.80. The first kappa shape index (κ1) is 14.2. The van der Waals surface area contributed by atoms with Gasteiger partial charge in [0.2, 0.25) is 0 Å². The number of amides is 1. The summed E-state index contributed by atoms with van der Waals surface area (Å²) in [5.41, 5.74) is 5.30. The molecular weight excluding hydrogens is 302 g/mol. The van der Waals surface area contributed by atoms with E-state index in [0.717, 1.165) is 22.4 Å². The molecule has 1 amide bonds. The zero-order chi connectivity index (χ0) is 13.1. The molecule has 17 heavy (non-hydrogen) atoms. The Hall–Kier alpha value is -0.900. The lowest BCUT2D eigenvalue weighted by Crippen LogP contribution is -2.50. The number of likely N-dealkylation sites (N-methyl/N-ethyl adjacent to an activating group) is 1. The van der Waals surface area contributed by atoms with E-state index in [1.165, 1.54) is 11.3 Å². The van der Waals surface area contributed by atoms with Gasteiger partial charge >= 0.3 is 0 Å². The maximum atomic E-state index is 11.2. The molecule has 4 nitrogen and oxygen atoms in total. The van der Waals surface area contributed by atoms with E-state index < -0.39 is 0 Å². The molecule has 0 fully saturated rings. The van der Waals surface area contributed by atoms with Crippen LogP contribution in [-0.2, 0) is 4.79 Å². The standard InChI is InChI=1S/C11H14BrN3OS/c1-3-4-15(2,7-10(14)16)11-5-8(12)9(6-13)17-11/h5H,3-4,7H2,1-2H3,(H-,14,16)/p+1. The van der Waals surface area contributed by atoms with Gasteiger partial charge in [-0.05, 0) is 22.4 Å². The Morgan fingerprint density at radius 1 is 1.71 bits per heavy atom. The fraction of sp³-hybridized carbons (Fsp3) is 0.455. The highest BCUT2D eigenvalue weighted by atomic mass is 79.9. The Balaban J connectivity index is 3.13. The molecule has 1 heterocycles. The topological polar surface area (TPSA) is 66.9 Å². The number of hydrogen-bond acceptors (Lipinski definition) is 3. The van der Waals surface area contributed by atoms with Crippen LogP contribution in [0.1, 0.15) is 18.2 Å². The first-order valence-electron chi connectivity index (χ1n) is 5.25. The smallest absolute Gasteiger partial charge is 0.273 e. The SMILES string of the molecule is CCC[N+](C)(CC(N)=O)c1cc(Br)c(C#N)s1. The van der Waals surface area contributed by atoms with Crippen LogP contribution < -0.4 is 10.2 Å². The first-order valence-corrected chi connectivity index (χ1v) is 6.86. The van der Waals surface area contributed by atoms with Crippen molar-refractivity contribution in [1.29, 1.82) is 5.26 Å². The monoisotopic (exact) mass is 316 g/mol. The largest absolute Gasteiger partial charge is 0.365 e. The van der Waals surface area contributed by atoms with Crippen molar-refractivity contribution in [2.24, 2.45) is 5.73 Å². The van der Waals surface area contributed by atoms with E-state index in [1.54, 1.807) is 0 Å². The van der Waals surface area contributed by atoms with E-state index in [4.69, 9.17) is 11.0 Å². The van der Waals surface area contributed by atoms with Gasteiger partial charge in [-0.15, -0.1) is 0 Å². The van der Waals surface area contributed by atoms with Crippen LogP contribution in [0.15, 0.2) is 10.5 Å². The Bertz CT molecular complexity index is 466. The van der Waals surface area contributed by atoms with Crippen molar-refractivity contribution in [3.63, 3.8) is 0 Å². The summed E-state index contributed by atoms with van der Waals surface area (Å²) in [5.74, 6) is -0.330. The van der Waals surface area contributed by atoms with E-state index in [0.29, 0.717) is 9.36 Å². The van der Waals surface area contributed by atoms with E-state index in [-0.39, 0.29) is 12.5 Å². The normalized spacial score (nSPS) is 14.0. The van der Waals surface area contributed by atoms with Crippen LogP contribution in [0.2, 0.25) is 0 Å². The maximum Gasteiger partial charge on any atom is 0.273 e. The van der Waals surface area contributed by atoms with E-state index in [9.17, 15) is 4.79 Å². The van der Waals surface area contributed by atoms with Gasteiger partial charge in [-0.1, -0.05) is 18.3 Å². The number of nitrogens with zero attached hydrogens (tertiary/aromatic N) is 2. The predicted molar refractivity (Wildman–Crippen MR) is 73.7 cm³/mol. The minimum absolute atomic E-state index is 0.256. The fourth-order valence-corrected chi connectivity index (χ4v) is 3.47. The Kier molecular flexibility index (Phi) is 4.69. The molecule has 1 aromatic rings. The number of primary amides is 1. The number of nitriles is 1. The highest BCUT2D eigenvalue weighted by Crippen LogP contribution is 2.36. The van der Waals surface area contributed by atoms with Gasteiger partial charge in [0.05, 0.1) is 18.1 Å². The van der Waals surface area contributed by atoms with Gasteiger partial charge in [0.25, 0.3) is 5.91 Å². The van der Waals surface area contributed by atoms with Gasteiger partial charge in [-0.2, -0.15) is 5.26 Å². The summed E-state index contributed by atoms with van der Waals surface area (Å²) in [6.07, 6.45) is 0.946. The van der Waals surface area contributed by atoms with Crippen molar-refractivity contribution in [3.05, 3.63) is 15.4 Å². The van der Waals surface area contributed by atoms with Crippen LogP contribution in [0.3, 0.4) is 0 Å². The molecule has 0 saturated carbocycles. The number of quaternary nitrogens is 1. The quantitative estimate of drug-likeness (QED) is 0.846. The van der Waals surface area contributed by atoms with Gasteiger partial charge in [0.1, 0.15) is 10.9 Å². The van der Waals surface area contributed by atoms with Crippen LogP contribution in [0, 0.1) is 11.3 Å². The average Bonchev–Trinajstić information content (AvgIpc) is 2.59. The first-order chi connectivity index (χ1) is 7.92. The molecule has 0 radical (unpaired) electrons. The molecule has 0 aliphatic carbocycles. The average molecular weight is 317 g/mol. The van der Waals surface area contributed by atoms with E-state index >= 15 is 0 Å². The van der Waals surface area contributed by atoms with E-state index in [2.05, 4.69) is 28.9 Å². The van der Waals surface area contributed by atoms with Gasteiger partial charge < -0.3 is 5.73 Å². The van der Waals surface area contributed by atoms with Crippen LogP contribution in [-0.4, -0.2) is 26.0 Å². The highest BCUT2D eigenvalue weighted by molar-refractivity contribution is 9.10. The van der Waals surface area contributed by atoms with Crippen LogP contribution in [0.25, 0.3) is 0 Å². The minimum atomic E-state index is -0.330. The second-order valence-corrected chi connectivity index (χ2v) is 6.00. The molecule has 0 aliphatic heterocycles. The molecule has 0 bridgehead atoms. The summed E-state index contributed by atoms with van der Waals surface area (Å²) in [5, 5.41) is 9.92. The molecule has 1 aromatic heterocycles. The third kappa shape index (κ3) is 3.28. The molecule has 1 unspecified atom stereocenters. The number of halogens is 1. The number of rotatable bonds is 5. The minimum Gasteiger partial charge on any atom is -0.365 e. The summed E-state index contributed by atoms with van der Waals surface area (Å²) in [4.78, 5) is 11.8. The third-order valence-electron chi connectivity index (χ3n) is 2.53. The van der Waals surface area contributed by atoms with Crippen LogP contribution >= 0.6 is 27.3 Å². The van der Waals surface area contributed by atoms with Gasteiger partial charge in [0, 0.05) is 6.07 Å². The summed E-state index contributed by atoms with van der Waals surface area (Å²) < 4.78 is 1.24. The summed E-state index contributed by atoms with van der Waals surface area (Å²) in [6, 6.07) is 4.03. The van der Waals surface area contributed by atoms with Crippen molar-refractivity contribution in [1.82, 2.24) is 4.48 Å². The van der Waals surface area contributed by atoms with E-state index in [1.807, 2.05) is 13.1 Å². The predicted octanol–water partition coefficient (Wildman–Crippen LogP) is 2.21. The van der Waals surface area contributed by atoms with Crippen LogP contribution in [0.4, 0.5) is 5.00 Å². The number of carbonyl (C=O) groups is 1. The molecule has 1 rings (SSSR count). The van der Waals surface area contributed by atoms with Crippen molar-refractivity contribution in [3.8, 4) is 6.07 Å². The lowest BCUT2D eigenvalue weighted by atomic mass is 10.3. The molecule has 0 saturated heterocycles. The summed E-state index contributed by atoms with van der Waals surface area (Å²) in [7, 11) is 1.97. The summed E-state index contributed by atoms with van der Waals surface area (Å²) >= 11 is 4.75. The van der Waals surface area contributed by atoms with Gasteiger partial charge in [0.15, 0.2) is 11.5 Å². The van der Waals surface area contributed by atoms with Crippen molar-refractivity contribution >= 4 is 38.2 Å². The van der Waals surface area contributed by atoms with Crippen molar-refractivity contribution in [2.45, 2.75) is 13.3 Å². The second-order valence-electron chi connectivity index (χ2n) is 4.12. The Labute approximate surface area is 113 Å². The number of hydrogen-bond donors (Lipinski definition) is 1. The Morgan fingerprint density at radius 2 is 2.35 bits per heavy atom. The zero-order valence-corrected chi connectivity index (χ0v) is 12.3. The lowest BCUT2D eigenvalue weighted by molar-refractivity contribution is -0.118. The number of nitrogens with two attached hydrogens (primary N) is 1. The second kappa shape index (κ2) is 5.63. The van der Waals surface area contributed by atoms with Crippen molar-refractivity contribution in [2.75, 3.05) is 20.1 Å².